The fraction of sp³-hybridized carbons (Fsp3) is 0.556. The molecule has 2 aliphatic rings. The molecule has 0 fully saturated rings. The maximum Gasteiger partial charge on any atom is 0.0804 e. The van der Waals surface area contributed by atoms with Crippen molar-refractivity contribution in [1.82, 2.24) is 0 Å². The molecule has 0 heterocycles. The van der Waals surface area contributed by atoms with Crippen LogP contribution in [0, 0.1) is 10.8 Å². The third kappa shape index (κ3) is 2.82. The van der Waals surface area contributed by atoms with Crippen molar-refractivity contribution < 1.29 is 21.7 Å². The van der Waals surface area contributed by atoms with Crippen molar-refractivity contribution in [3.05, 3.63) is 42.7 Å². The second-order valence-electron chi connectivity index (χ2n) is 7.51. The van der Waals surface area contributed by atoms with Crippen LogP contribution in [0.4, 0.5) is 0 Å². The first-order chi connectivity index (χ1) is 9.44. The molecule has 0 N–H and O–H groups in total. The normalized spacial score (nSPS) is 23.7. The van der Waals surface area contributed by atoms with Gasteiger partial charge >= 0.3 is 0 Å². The predicted molar refractivity (Wildman–Crippen MR) is 98.6 cm³/mol. The van der Waals surface area contributed by atoms with E-state index in [4.69, 9.17) is 23.2 Å². The largest absolute Gasteiger partial charge is 0.0879 e. The number of halogens is 2. The van der Waals surface area contributed by atoms with Crippen LogP contribution in [-0.2, 0) is 21.7 Å². The van der Waals surface area contributed by atoms with E-state index >= 15 is 0 Å². The summed E-state index contributed by atoms with van der Waals surface area (Å²) >= 11 is 13.2. The van der Waals surface area contributed by atoms with Crippen LogP contribution in [0.5, 0.6) is 0 Å². The molecule has 0 radical (unpaired) electrons. The zero-order chi connectivity index (χ0) is 16.3. The monoisotopic (exact) mass is 388 g/mol. The molecule has 0 nitrogen and oxygen atoms in total. The Hall–Kier alpha value is 0.471. The Morgan fingerprint density at radius 2 is 0.909 bits per heavy atom. The first-order valence-corrected chi connectivity index (χ1v) is 9.76. The van der Waals surface area contributed by atoms with Crippen molar-refractivity contribution in [3.8, 4) is 0 Å². The van der Waals surface area contributed by atoms with Gasteiger partial charge in [-0.15, -0.1) is 0 Å². The van der Waals surface area contributed by atoms with Crippen LogP contribution in [0.1, 0.15) is 55.4 Å². The molecule has 0 saturated carbocycles. The van der Waals surface area contributed by atoms with Gasteiger partial charge in [-0.3, -0.25) is 0 Å². The van der Waals surface area contributed by atoms with Crippen LogP contribution >= 0.6 is 23.2 Å². The molecule has 2 rings (SSSR count). The molecule has 0 unspecified atom stereocenters. The maximum absolute atomic E-state index is 6.60. The SMILES string of the molecule is CC1=C(Cl)C(C)(C)C([SiH2]C2=C(C)C(C)=C(Cl)C2(C)C)=C1C.[Ti]. The summed E-state index contributed by atoms with van der Waals surface area (Å²) in [6, 6.07) is 0. The van der Waals surface area contributed by atoms with E-state index in [0.717, 1.165) is 10.1 Å². The van der Waals surface area contributed by atoms with Gasteiger partial charge in [0, 0.05) is 42.6 Å². The summed E-state index contributed by atoms with van der Waals surface area (Å²) in [5, 5.41) is 5.19. The first-order valence-electron chi connectivity index (χ1n) is 7.59. The second kappa shape index (κ2) is 6.41. The Labute approximate surface area is 162 Å². The fourth-order valence-electron chi connectivity index (χ4n) is 3.81. The van der Waals surface area contributed by atoms with E-state index in [-0.39, 0.29) is 32.5 Å². The van der Waals surface area contributed by atoms with Gasteiger partial charge in [-0.1, -0.05) is 72.4 Å². The van der Waals surface area contributed by atoms with E-state index in [9.17, 15) is 0 Å². The first kappa shape index (κ1) is 20.5. The molecule has 0 spiro atoms. The zero-order valence-electron chi connectivity index (χ0n) is 15.0. The van der Waals surface area contributed by atoms with Gasteiger partial charge < -0.3 is 0 Å². The Morgan fingerprint density at radius 3 is 1.09 bits per heavy atom. The van der Waals surface area contributed by atoms with Crippen molar-refractivity contribution in [2.45, 2.75) is 55.4 Å². The molecule has 120 valence electrons. The van der Waals surface area contributed by atoms with Gasteiger partial charge in [0.2, 0.25) is 0 Å². The van der Waals surface area contributed by atoms with E-state index in [2.05, 4.69) is 55.4 Å². The summed E-state index contributed by atoms with van der Waals surface area (Å²) < 4.78 is 0. The van der Waals surface area contributed by atoms with Crippen LogP contribution in [0.25, 0.3) is 0 Å². The maximum atomic E-state index is 6.60. The standard InChI is InChI=1S/C18H26Cl2Si.Ti/c1-9-11(3)15(17(5,6)13(9)19)21-16-12(4)10(2)14(20)18(16,7)8;/h21H2,1-8H3;. The van der Waals surface area contributed by atoms with Gasteiger partial charge in [-0.2, -0.15) is 0 Å². The molecule has 0 atom stereocenters. The fourth-order valence-corrected chi connectivity index (χ4v) is 7.19. The number of rotatable bonds is 2. The average Bonchev–Trinajstić information content (AvgIpc) is 2.63. The molecule has 0 saturated heterocycles. The van der Waals surface area contributed by atoms with Gasteiger partial charge in [0.25, 0.3) is 0 Å². The molecule has 0 aliphatic heterocycles. The minimum Gasteiger partial charge on any atom is -0.0879 e. The average molecular weight is 389 g/mol. The van der Waals surface area contributed by atoms with Crippen molar-refractivity contribution in [2.75, 3.05) is 0 Å². The van der Waals surface area contributed by atoms with E-state index in [1.807, 2.05) is 0 Å². The molecular formula is C18H26Cl2SiTi. The summed E-state index contributed by atoms with van der Waals surface area (Å²) in [6.07, 6.45) is 0. The number of hydrogen-bond donors (Lipinski definition) is 0. The van der Waals surface area contributed by atoms with Gasteiger partial charge in [-0.05, 0) is 38.8 Å². The Bertz CT molecular complexity index is 590. The minimum absolute atomic E-state index is 0. The van der Waals surface area contributed by atoms with E-state index < -0.39 is 9.52 Å². The number of hydrogen-bond acceptors (Lipinski definition) is 0. The van der Waals surface area contributed by atoms with Crippen molar-refractivity contribution in [1.29, 1.82) is 0 Å². The molecule has 4 heteroatoms. The van der Waals surface area contributed by atoms with Crippen molar-refractivity contribution in [3.63, 3.8) is 0 Å². The zero-order valence-corrected chi connectivity index (χ0v) is 19.5. The third-order valence-corrected chi connectivity index (χ3v) is 10.7. The van der Waals surface area contributed by atoms with Gasteiger partial charge in [0.05, 0.1) is 9.52 Å². The van der Waals surface area contributed by atoms with Gasteiger partial charge in [0.15, 0.2) is 0 Å². The second-order valence-corrected chi connectivity index (χ2v) is 10.0. The van der Waals surface area contributed by atoms with Crippen molar-refractivity contribution >= 4 is 32.7 Å². The summed E-state index contributed by atoms with van der Waals surface area (Å²) in [5.74, 6) is 0. The van der Waals surface area contributed by atoms with Crippen LogP contribution in [0.15, 0.2) is 42.7 Å². The molecule has 0 amide bonds. The van der Waals surface area contributed by atoms with Gasteiger partial charge in [-0.25, -0.2) is 0 Å². The quantitative estimate of drug-likeness (QED) is 0.523. The smallest absolute Gasteiger partial charge is 0.0804 e. The Balaban J connectivity index is 0.00000242. The molecule has 0 bridgehead atoms. The van der Waals surface area contributed by atoms with E-state index in [1.54, 1.807) is 10.4 Å². The van der Waals surface area contributed by atoms with E-state index in [1.165, 1.54) is 22.3 Å². The minimum atomic E-state index is -0.559. The molecule has 22 heavy (non-hydrogen) atoms. The summed E-state index contributed by atoms with van der Waals surface area (Å²) in [7, 11) is -0.559. The summed E-state index contributed by atoms with van der Waals surface area (Å²) in [6.45, 7) is 17.8. The number of allylic oxidation sites excluding steroid dienone is 8. The molecular weight excluding hydrogens is 363 g/mol. The van der Waals surface area contributed by atoms with Gasteiger partial charge in [0.1, 0.15) is 0 Å². The molecule has 0 aromatic carbocycles. The van der Waals surface area contributed by atoms with Crippen LogP contribution in [-0.4, -0.2) is 9.52 Å². The van der Waals surface area contributed by atoms with Crippen LogP contribution in [0.2, 0.25) is 0 Å². The van der Waals surface area contributed by atoms with Crippen LogP contribution < -0.4 is 0 Å². The summed E-state index contributed by atoms with van der Waals surface area (Å²) in [4.78, 5) is 0. The van der Waals surface area contributed by atoms with E-state index in [0.29, 0.717) is 0 Å². The Kier molecular flexibility index (Phi) is 5.98. The molecule has 0 aromatic heterocycles. The predicted octanol–water partition coefficient (Wildman–Crippen LogP) is 5.81. The van der Waals surface area contributed by atoms with Crippen LogP contribution in [0.3, 0.4) is 0 Å². The molecule has 0 aromatic rings. The Morgan fingerprint density at radius 1 is 0.636 bits per heavy atom. The summed E-state index contributed by atoms with van der Waals surface area (Å²) in [5.41, 5.74) is 5.35. The molecule has 2 aliphatic carbocycles. The third-order valence-electron chi connectivity index (χ3n) is 5.65. The topological polar surface area (TPSA) is 0 Å². The van der Waals surface area contributed by atoms with Crippen molar-refractivity contribution in [2.24, 2.45) is 10.8 Å².